The monoisotopic (exact) mass is 406 g/mol. The summed E-state index contributed by atoms with van der Waals surface area (Å²) in [6.07, 6.45) is 0. The van der Waals surface area contributed by atoms with Crippen molar-refractivity contribution in [2.24, 2.45) is 0 Å². The van der Waals surface area contributed by atoms with Crippen LogP contribution < -0.4 is 10.1 Å². The van der Waals surface area contributed by atoms with Crippen molar-refractivity contribution in [1.29, 1.82) is 0 Å². The molecule has 1 aliphatic heterocycles. The Morgan fingerprint density at radius 2 is 1.90 bits per heavy atom. The van der Waals surface area contributed by atoms with Crippen LogP contribution in [-0.2, 0) is 11.3 Å². The van der Waals surface area contributed by atoms with E-state index in [2.05, 4.69) is 54.2 Å². The van der Waals surface area contributed by atoms with E-state index in [0.717, 1.165) is 54.1 Å². The van der Waals surface area contributed by atoms with Crippen LogP contribution in [0.2, 0.25) is 0 Å². The zero-order chi connectivity index (χ0) is 14.4. The lowest BCUT2D eigenvalue weighted by Gasteiger charge is -2.26. The third kappa shape index (κ3) is 4.70. The van der Waals surface area contributed by atoms with Crippen molar-refractivity contribution in [3.8, 4) is 5.75 Å². The van der Waals surface area contributed by atoms with Crippen LogP contribution >= 0.6 is 31.9 Å². The highest BCUT2D eigenvalue weighted by molar-refractivity contribution is 9.11. The highest BCUT2D eigenvalue weighted by atomic mass is 79.9. The van der Waals surface area contributed by atoms with Gasteiger partial charge in [-0.2, -0.15) is 0 Å². The van der Waals surface area contributed by atoms with Gasteiger partial charge in [-0.25, -0.2) is 0 Å². The van der Waals surface area contributed by atoms with Crippen molar-refractivity contribution in [3.63, 3.8) is 0 Å². The highest BCUT2D eigenvalue weighted by Gasteiger charge is 2.12. The second-order valence-electron chi connectivity index (χ2n) is 4.72. The van der Waals surface area contributed by atoms with Gasteiger partial charge in [0.05, 0.1) is 22.2 Å². The normalized spacial score (nSPS) is 16.4. The van der Waals surface area contributed by atoms with Crippen LogP contribution in [0.25, 0.3) is 0 Å². The van der Waals surface area contributed by atoms with Crippen LogP contribution in [0.15, 0.2) is 21.1 Å². The smallest absolute Gasteiger partial charge is 0.147 e. The number of nitrogens with one attached hydrogen (secondary N) is 1. The summed E-state index contributed by atoms with van der Waals surface area (Å²) in [5, 5.41) is 3.14. The van der Waals surface area contributed by atoms with Crippen LogP contribution in [0, 0.1) is 0 Å². The molecule has 1 fully saturated rings. The summed E-state index contributed by atoms with van der Waals surface area (Å²) in [6.45, 7) is 6.09. The van der Waals surface area contributed by atoms with Gasteiger partial charge in [-0.15, -0.1) is 0 Å². The largest absolute Gasteiger partial charge is 0.490 e. The Balaban J connectivity index is 1.88. The minimum Gasteiger partial charge on any atom is -0.490 e. The van der Waals surface area contributed by atoms with E-state index in [1.165, 1.54) is 5.56 Å². The Bertz CT molecular complexity index is 414. The van der Waals surface area contributed by atoms with Crippen molar-refractivity contribution < 1.29 is 9.47 Å². The predicted molar refractivity (Wildman–Crippen MR) is 87.4 cm³/mol. The topological polar surface area (TPSA) is 33.7 Å². The maximum atomic E-state index is 5.91. The Kier molecular flexibility index (Phi) is 6.77. The molecule has 1 aromatic rings. The van der Waals surface area contributed by atoms with Crippen LogP contribution in [-0.4, -0.2) is 51.4 Å². The maximum absolute atomic E-state index is 5.91. The van der Waals surface area contributed by atoms with Crippen molar-refractivity contribution in [2.45, 2.75) is 6.54 Å². The molecule has 0 radical (unpaired) electrons. The van der Waals surface area contributed by atoms with E-state index in [9.17, 15) is 0 Å². The number of ether oxygens (including phenoxy) is 2. The third-order valence-corrected chi connectivity index (χ3v) is 4.37. The predicted octanol–water partition coefficient (Wildman–Crippen LogP) is 2.64. The number of hydrogen-bond donors (Lipinski definition) is 1. The lowest BCUT2D eigenvalue weighted by molar-refractivity contribution is 0.0321. The third-order valence-electron chi connectivity index (χ3n) is 3.20. The van der Waals surface area contributed by atoms with E-state index in [-0.39, 0.29) is 0 Å². The fourth-order valence-corrected chi connectivity index (χ4v) is 3.67. The van der Waals surface area contributed by atoms with E-state index in [1.807, 2.05) is 7.05 Å². The van der Waals surface area contributed by atoms with Gasteiger partial charge in [0.1, 0.15) is 12.4 Å². The van der Waals surface area contributed by atoms with Gasteiger partial charge in [-0.1, -0.05) is 0 Å². The molecule has 2 rings (SSSR count). The Labute approximate surface area is 137 Å². The number of benzene rings is 1. The molecular weight excluding hydrogens is 388 g/mol. The van der Waals surface area contributed by atoms with Gasteiger partial charge in [0.25, 0.3) is 0 Å². The number of rotatable bonds is 6. The molecule has 0 unspecified atom stereocenters. The van der Waals surface area contributed by atoms with Crippen LogP contribution in [0.3, 0.4) is 0 Å². The quantitative estimate of drug-likeness (QED) is 0.785. The summed E-state index contributed by atoms with van der Waals surface area (Å²) in [7, 11) is 1.94. The van der Waals surface area contributed by atoms with Crippen LogP contribution in [0.4, 0.5) is 0 Å². The first-order valence-corrected chi connectivity index (χ1v) is 8.34. The van der Waals surface area contributed by atoms with Crippen molar-refractivity contribution in [2.75, 3.05) is 46.5 Å². The average molecular weight is 408 g/mol. The molecule has 6 heteroatoms. The molecule has 4 nitrogen and oxygen atoms in total. The first-order valence-electron chi connectivity index (χ1n) is 6.76. The molecule has 0 amide bonds. The SMILES string of the molecule is CNCc1cc(Br)c(OCCN2CCOCC2)c(Br)c1. The lowest BCUT2D eigenvalue weighted by Crippen LogP contribution is -2.38. The van der Waals surface area contributed by atoms with Gasteiger partial charge in [0, 0.05) is 26.2 Å². The van der Waals surface area contributed by atoms with Crippen molar-refractivity contribution in [3.05, 3.63) is 26.6 Å². The highest BCUT2D eigenvalue weighted by Crippen LogP contribution is 2.34. The summed E-state index contributed by atoms with van der Waals surface area (Å²) in [6, 6.07) is 4.18. The molecular formula is C14H20Br2N2O2. The van der Waals surface area contributed by atoms with Gasteiger partial charge >= 0.3 is 0 Å². The van der Waals surface area contributed by atoms with E-state index < -0.39 is 0 Å². The summed E-state index contributed by atoms with van der Waals surface area (Å²) in [4.78, 5) is 2.36. The average Bonchev–Trinajstić information content (AvgIpc) is 2.43. The Hall–Kier alpha value is -0.140. The molecule has 112 valence electrons. The number of halogens is 2. The number of nitrogens with zero attached hydrogens (tertiary/aromatic N) is 1. The summed E-state index contributed by atoms with van der Waals surface area (Å²) in [5.74, 6) is 0.873. The summed E-state index contributed by atoms with van der Waals surface area (Å²) < 4.78 is 13.2. The minimum absolute atomic E-state index is 0.683. The molecule has 20 heavy (non-hydrogen) atoms. The van der Waals surface area contributed by atoms with Crippen molar-refractivity contribution >= 4 is 31.9 Å². The van der Waals surface area contributed by atoms with Gasteiger partial charge in [0.2, 0.25) is 0 Å². The van der Waals surface area contributed by atoms with Crippen LogP contribution in [0.5, 0.6) is 5.75 Å². The van der Waals surface area contributed by atoms with E-state index in [4.69, 9.17) is 9.47 Å². The standard InChI is InChI=1S/C14H20Br2N2O2/c1-17-10-11-8-12(15)14(13(16)9-11)20-7-4-18-2-5-19-6-3-18/h8-9,17H,2-7,10H2,1H3. The van der Waals surface area contributed by atoms with Gasteiger partial charge in [-0.05, 0) is 56.6 Å². The molecule has 0 aliphatic carbocycles. The van der Waals surface area contributed by atoms with Crippen LogP contribution in [0.1, 0.15) is 5.56 Å². The van der Waals surface area contributed by atoms with E-state index >= 15 is 0 Å². The number of hydrogen-bond acceptors (Lipinski definition) is 4. The van der Waals surface area contributed by atoms with Crippen molar-refractivity contribution in [1.82, 2.24) is 10.2 Å². The molecule has 0 aromatic heterocycles. The first kappa shape index (κ1) is 16.2. The second kappa shape index (κ2) is 8.34. The fraction of sp³-hybridized carbons (Fsp3) is 0.571. The molecule has 0 spiro atoms. The fourth-order valence-electron chi connectivity index (χ4n) is 2.16. The molecule has 0 atom stereocenters. The maximum Gasteiger partial charge on any atom is 0.147 e. The lowest BCUT2D eigenvalue weighted by atomic mass is 10.2. The molecule has 1 N–H and O–H groups in total. The molecule has 0 bridgehead atoms. The van der Waals surface area contributed by atoms with E-state index in [0.29, 0.717) is 6.61 Å². The number of morpholine rings is 1. The Morgan fingerprint density at radius 3 is 2.50 bits per heavy atom. The first-order chi connectivity index (χ1) is 9.70. The summed E-state index contributed by atoms with van der Waals surface area (Å²) >= 11 is 7.16. The minimum atomic E-state index is 0.683. The molecule has 0 saturated carbocycles. The van der Waals surface area contributed by atoms with Gasteiger partial charge in [-0.3, -0.25) is 4.90 Å². The molecule has 1 heterocycles. The molecule has 1 aliphatic rings. The van der Waals surface area contributed by atoms with Gasteiger partial charge in [0.15, 0.2) is 0 Å². The zero-order valence-electron chi connectivity index (χ0n) is 11.6. The Morgan fingerprint density at radius 1 is 1.25 bits per heavy atom. The molecule has 1 aromatic carbocycles. The second-order valence-corrected chi connectivity index (χ2v) is 6.43. The summed E-state index contributed by atoms with van der Waals surface area (Å²) in [5.41, 5.74) is 1.21. The van der Waals surface area contributed by atoms with E-state index in [1.54, 1.807) is 0 Å². The molecule has 1 saturated heterocycles. The zero-order valence-corrected chi connectivity index (χ0v) is 14.8. The van der Waals surface area contributed by atoms with Gasteiger partial charge < -0.3 is 14.8 Å².